The first-order valence-electron chi connectivity index (χ1n) is 26.0. The Hall–Kier alpha value is -9.10. The van der Waals surface area contributed by atoms with Crippen molar-refractivity contribution in [3.63, 3.8) is 0 Å². The molecule has 5 aromatic carbocycles. The van der Waals surface area contributed by atoms with Crippen molar-refractivity contribution in [2.24, 2.45) is 5.10 Å². The van der Waals surface area contributed by atoms with Crippen LogP contribution in [0.3, 0.4) is 0 Å². The molecule has 1 aromatic heterocycles. The lowest BCUT2D eigenvalue weighted by Gasteiger charge is -2.15. The summed E-state index contributed by atoms with van der Waals surface area (Å²) in [5.74, 6) is -1.51. The van der Waals surface area contributed by atoms with E-state index in [4.69, 9.17) is 42.7 Å². The Balaban J connectivity index is 1.13. The van der Waals surface area contributed by atoms with Crippen molar-refractivity contribution in [2.45, 2.75) is 64.2 Å². The van der Waals surface area contributed by atoms with Gasteiger partial charge >= 0.3 is 35.8 Å². The molecule has 0 unspecified atom stereocenters. The van der Waals surface area contributed by atoms with Gasteiger partial charge in [0.1, 0.15) is 23.0 Å². The minimum absolute atomic E-state index is 0.00276. The molecule has 0 spiro atoms. The topological polar surface area (TPSA) is 214 Å². The molecule has 0 aliphatic heterocycles. The molecule has 0 amide bonds. The highest BCUT2D eigenvalue weighted by Gasteiger charge is 2.20. The van der Waals surface area contributed by atoms with Gasteiger partial charge in [0.15, 0.2) is 0 Å². The molecule has 0 saturated heterocycles. The number of fused-ring (bicyclic) bond motifs is 1. The second-order valence-corrected chi connectivity index (χ2v) is 18.4. The largest absolute Gasteiger partial charge is 0.494 e. The zero-order chi connectivity index (χ0) is 56.7. The number of rotatable bonds is 35. The predicted molar refractivity (Wildman–Crippen MR) is 301 cm³/mol. The van der Waals surface area contributed by atoms with E-state index < -0.39 is 35.8 Å². The number of thiazole rings is 1. The summed E-state index contributed by atoms with van der Waals surface area (Å²) in [6.07, 6.45) is 11.7. The standard InChI is InChI=1S/C61H63N3O15S/c1-4-55(65)74-38-15-7-12-35-71-49-27-21-45(22-28-49)58(68)77-41-34-44-20-33-53(78-59(69)46-23-29-50(30-24-46)72-36-13-8-16-39-75-56(66)5-2)48(42-44)43-62-64(61-63-52-18-10-11-19-54(52)80-61)79-60(70)47-25-31-51(32-26-47)73-37-14-9-17-40-76-57(67)6-3/h4-6,10-11,18-33,42-43H,1-3,7-9,12-17,34-41H2/b62-43+. The van der Waals surface area contributed by atoms with Crippen LogP contribution in [0.5, 0.6) is 23.0 Å². The summed E-state index contributed by atoms with van der Waals surface area (Å²) in [4.78, 5) is 84.9. The van der Waals surface area contributed by atoms with Gasteiger partial charge in [-0.15, -0.1) is 5.10 Å². The number of nitrogens with zero attached hydrogens (tertiary/aromatic N) is 3. The molecule has 0 aliphatic carbocycles. The van der Waals surface area contributed by atoms with E-state index in [9.17, 15) is 28.8 Å². The molecule has 6 aromatic rings. The highest BCUT2D eigenvalue weighted by atomic mass is 32.1. The Bertz CT molecular complexity index is 3010. The Morgan fingerprint density at radius 2 is 0.963 bits per heavy atom. The van der Waals surface area contributed by atoms with Gasteiger partial charge in [0, 0.05) is 30.2 Å². The van der Waals surface area contributed by atoms with E-state index in [1.165, 1.54) is 17.6 Å². The van der Waals surface area contributed by atoms with Gasteiger partial charge in [-0.05, 0) is 160 Å². The number of hydrogen-bond acceptors (Lipinski definition) is 19. The Morgan fingerprint density at radius 1 is 0.500 bits per heavy atom. The summed E-state index contributed by atoms with van der Waals surface area (Å²) < 4.78 is 44.9. The van der Waals surface area contributed by atoms with E-state index >= 15 is 0 Å². The first-order valence-corrected chi connectivity index (χ1v) is 26.8. The van der Waals surface area contributed by atoms with E-state index in [1.54, 1.807) is 91.0 Å². The van der Waals surface area contributed by atoms with Crippen molar-refractivity contribution in [1.82, 2.24) is 4.98 Å². The number of anilines is 1. The van der Waals surface area contributed by atoms with Crippen LogP contribution in [0.2, 0.25) is 0 Å². The number of para-hydroxylation sites is 1. The number of carbonyl (C=O) groups is 6. The number of esters is 5. The van der Waals surface area contributed by atoms with Gasteiger partial charge in [0.25, 0.3) is 0 Å². The third-order valence-electron chi connectivity index (χ3n) is 11.5. The molecular weight excluding hydrogens is 1050 g/mol. The smallest absolute Gasteiger partial charge is 0.365 e. The van der Waals surface area contributed by atoms with Crippen LogP contribution >= 0.6 is 11.3 Å². The molecule has 0 aliphatic rings. The van der Waals surface area contributed by atoms with Crippen LogP contribution in [0.1, 0.15) is 100.0 Å². The molecule has 18 nitrogen and oxygen atoms in total. The first-order chi connectivity index (χ1) is 39.0. The minimum atomic E-state index is -0.747. The van der Waals surface area contributed by atoms with Crippen molar-refractivity contribution in [3.8, 4) is 23.0 Å². The Morgan fingerprint density at radius 3 is 1.45 bits per heavy atom. The van der Waals surface area contributed by atoms with E-state index in [2.05, 4.69) is 29.8 Å². The zero-order valence-electron chi connectivity index (χ0n) is 44.3. The number of unbranched alkanes of at least 4 members (excludes halogenated alkanes) is 6. The van der Waals surface area contributed by atoms with Crippen LogP contribution in [0.25, 0.3) is 10.2 Å². The van der Waals surface area contributed by atoms with E-state index in [-0.39, 0.29) is 35.0 Å². The molecule has 19 heteroatoms. The SMILES string of the molecule is C=CC(=O)OCCCCCOc1ccc(C(=O)OCCc2ccc(OC(=O)c3ccc(OCCCCCOC(=O)C=C)cc3)c(/C=N/N(OC(=O)c3ccc(OCCCCCOC(=O)C=C)cc3)c3nc4ccccc4s3)c2)cc1. The number of ether oxygens (including phenoxy) is 8. The lowest BCUT2D eigenvalue weighted by atomic mass is 10.1. The molecule has 0 bridgehead atoms. The highest BCUT2D eigenvalue weighted by Crippen LogP contribution is 2.30. The van der Waals surface area contributed by atoms with Crippen molar-refractivity contribution in [3.05, 3.63) is 181 Å². The number of hydrazone groups is 1. The summed E-state index contributed by atoms with van der Waals surface area (Å²) in [6.45, 7) is 12.4. The van der Waals surface area contributed by atoms with Crippen molar-refractivity contribution >= 4 is 68.7 Å². The fraction of sp³-hybridized carbons (Fsp3) is 0.279. The maximum Gasteiger partial charge on any atom is 0.365 e. The normalized spacial score (nSPS) is 10.8. The molecule has 6 rings (SSSR count). The Kier molecular flexibility index (Phi) is 25.0. The maximum atomic E-state index is 13.8. The molecule has 0 radical (unpaired) electrons. The third-order valence-corrected chi connectivity index (χ3v) is 12.5. The van der Waals surface area contributed by atoms with Crippen molar-refractivity contribution in [1.29, 1.82) is 0 Å². The summed E-state index contributed by atoms with van der Waals surface area (Å²) in [5.41, 5.74) is 2.43. The molecule has 80 heavy (non-hydrogen) atoms. The van der Waals surface area contributed by atoms with Gasteiger partial charge in [0.2, 0.25) is 5.13 Å². The quantitative estimate of drug-likeness (QED) is 0.00688. The average Bonchev–Trinajstić information content (AvgIpc) is 3.93. The molecule has 0 saturated carbocycles. The lowest BCUT2D eigenvalue weighted by molar-refractivity contribution is -0.138. The summed E-state index contributed by atoms with van der Waals surface area (Å²) >= 11 is 1.24. The minimum Gasteiger partial charge on any atom is -0.494 e. The number of aromatic nitrogens is 1. The monoisotopic (exact) mass is 1110 g/mol. The van der Waals surface area contributed by atoms with Crippen LogP contribution in [0.4, 0.5) is 5.13 Å². The number of carbonyl (C=O) groups excluding carboxylic acids is 6. The van der Waals surface area contributed by atoms with E-state index in [0.29, 0.717) is 98.4 Å². The molecule has 0 atom stereocenters. The van der Waals surface area contributed by atoms with E-state index in [0.717, 1.165) is 66.6 Å². The fourth-order valence-electron chi connectivity index (χ4n) is 7.22. The van der Waals surface area contributed by atoms with Gasteiger partial charge in [-0.1, -0.05) is 54.4 Å². The Labute approximate surface area is 468 Å². The molecule has 1 heterocycles. The van der Waals surface area contributed by atoms with Crippen molar-refractivity contribution in [2.75, 3.05) is 51.4 Å². The van der Waals surface area contributed by atoms with E-state index in [1.807, 2.05) is 24.3 Å². The van der Waals surface area contributed by atoms with Crippen LogP contribution in [0, 0.1) is 0 Å². The zero-order valence-corrected chi connectivity index (χ0v) is 45.1. The van der Waals surface area contributed by atoms with Gasteiger partial charge in [0.05, 0.1) is 79.4 Å². The average molecular weight is 1110 g/mol. The molecule has 0 fully saturated rings. The van der Waals surface area contributed by atoms with Crippen molar-refractivity contribution < 1.29 is 71.5 Å². The fourth-order valence-corrected chi connectivity index (χ4v) is 8.09. The predicted octanol–water partition coefficient (Wildman–Crippen LogP) is 11.4. The van der Waals surface area contributed by atoms with Gasteiger partial charge in [-0.2, -0.15) is 0 Å². The number of benzene rings is 5. The summed E-state index contributed by atoms with van der Waals surface area (Å²) in [7, 11) is 0. The molecular formula is C61H63N3O15S. The van der Waals surface area contributed by atoms with Gasteiger partial charge in [-0.3, -0.25) is 0 Å². The van der Waals surface area contributed by atoms with Gasteiger partial charge in [-0.25, -0.2) is 33.8 Å². The second-order valence-electron chi connectivity index (χ2n) is 17.4. The maximum absolute atomic E-state index is 13.8. The summed E-state index contributed by atoms with van der Waals surface area (Å²) in [6, 6.07) is 32.0. The first kappa shape index (κ1) is 60.1. The number of hydrogen-bond donors (Lipinski definition) is 0. The lowest BCUT2D eigenvalue weighted by Crippen LogP contribution is -2.22. The highest BCUT2D eigenvalue weighted by molar-refractivity contribution is 7.22. The summed E-state index contributed by atoms with van der Waals surface area (Å²) in [5, 5.41) is 5.82. The second kappa shape index (κ2) is 33.2. The molecule has 0 N–H and O–H groups in total. The van der Waals surface area contributed by atoms with Crippen LogP contribution in [0.15, 0.2) is 158 Å². The molecule has 418 valence electrons. The van der Waals surface area contributed by atoms with Crippen LogP contribution < -0.4 is 24.1 Å². The van der Waals surface area contributed by atoms with Gasteiger partial charge < -0.3 is 42.7 Å². The van der Waals surface area contributed by atoms with Crippen LogP contribution in [-0.2, 0) is 44.6 Å². The van der Waals surface area contributed by atoms with Crippen LogP contribution in [-0.4, -0.2) is 93.3 Å². The third kappa shape index (κ3) is 20.7.